The van der Waals surface area contributed by atoms with Crippen LogP contribution in [-0.4, -0.2) is 47.2 Å². The van der Waals surface area contributed by atoms with Crippen molar-refractivity contribution >= 4 is 15.9 Å². The topological polar surface area (TPSA) is 109 Å². The van der Waals surface area contributed by atoms with Crippen LogP contribution in [0.15, 0.2) is 10.9 Å². The van der Waals surface area contributed by atoms with Crippen LogP contribution in [0.5, 0.6) is 5.75 Å². The van der Waals surface area contributed by atoms with E-state index in [4.69, 9.17) is 0 Å². The van der Waals surface area contributed by atoms with Crippen LogP contribution in [0, 0.1) is 5.92 Å². The summed E-state index contributed by atoms with van der Waals surface area (Å²) in [5.74, 6) is -1.08. The number of pyridine rings is 1. The van der Waals surface area contributed by atoms with E-state index in [1.165, 1.54) is 10.6 Å². The third kappa shape index (κ3) is 4.21. The summed E-state index contributed by atoms with van der Waals surface area (Å²) in [6.45, 7) is 8.01. The Morgan fingerprint density at radius 3 is 2.40 bits per heavy atom. The molecule has 2 rings (SSSR count). The fraction of sp³-hybridized carbons (Fsp3) is 0.625. The first-order valence-corrected chi connectivity index (χ1v) is 9.92. The third-order valence-corrected chi connectivity index (χ3v) is 5.74. The molecule has 0 bridgehead atoms. The molecule has 2 N–H and O–H groups in total. The van der Waals surface area contributed by atoms with Crippen molar-refractivity contribution in [3.63, 3.8) is 0 Å². The van der Waals surface area contributed by atoms with Crippen LogP contribution in [0.1, 0.15) is 43.9 Å². The van der Waals surface area contributed by atoms with E-state index < -0.39 is 27.1 Å². The number of nitrogens with one attached hydrogen (secondary N) is 1. The number of hydrogen-bond acceptors (Lipinski definition) is 5. The van der Waals surface area contributed by atoms with Crippen molar-refractivity contribution in [1.29, 1.82) is 0 Å². The fourth-order valence-electron chi connectivity index (χ4n) is 2.92. The summed E-state index contributed by atoms with van der Waals surface area (Å²) < 4.78 is 28.0. The zero-order valence-electron chi connectivity index (χ0n) is 14.9. The molecule has 0 fully saturated rings. The van der Waals surface area contributed by atoms with Crippen molar-refractivity contribution in [3.05, 3.63) is 27.7 Å². The van der Waals surface area contributed by atoms with Gasteiger partial charge in [0, 0.05) is 30.9 Å². The molecule has 0 unspecified atom stereocenters. The van der Waals surface area contributed by atoms with Gasteiger partial charge in [-0.1, -0.05) is 13.8 Å². The Bertz CT molecular complexity index is 827. The van der Waals surface area contributed by atoms with Gasteiger partial charge in [-0.15, -0.1) is 0 Å². The highest BCUT2D eigenvalue weighted by Crippen LogP contribution is 2.22. The van der Waals surface area contributed by atoms with Crippen LogP contribution in [0.3, 0.4) is 0 Å². The molecule has 0 aromatic carbocycles. The summed E-state index contributed by atoms with van der Waals surface area (Å²) in [5, 5.41) is 10.1. The number of rotatable bonds is 6. The highest BCUT2D eigenvalue weighted by Gasteiger charge is 2.31. The van der Waals surface area contributed by atoms with Gasteiger partial charge in [0.05, 0.1) is 12.3 Å². The van der Waals surface area contributed by atoms with Crippen molar-refractivity contribution in [3.8, 4) is 5.75 Å². The van der Waals surface area contributed by atoms with E-state index >= 15 is 0 Å². The first kappa shape index (κ1) is 19.5. The van der Waals surface area contributed by atoms with Crippen molar-refractivity contribution < 1.29 is 18.3 Å². The second-order valence-electron chi connectivity index (χ2n) is 6.94. The minimum absolute atomic E-state index is 0.0256. The summed E-state index contributed by atoms with van der Waals surface area (Å²) >= 11 is 0. The van der Waals surface area contributed by atoms with Crippen LogP contribution in [0.25, 0.3) is 0 Å². The molecule has 1 aromatic rings. The molecule has 140 valence electrons. The molecule has 2 heterocycles. The summed E-state index contributed by atoms with van der Waals surface area (Å²) in [6.07, 6.45) is 0. The number of nitrogens with zero attached hydrogens (tertiary/aromatic N) is 2. The molecule has 0 saturated heterocycles. The van der Waals surface area contributed by atoms with Crippen molar-refractivity contribution in [2.45, 2.75) is 46.8 Å². The molecule has 0 spiro atoms. The van der Waals surface area contributed by atoms with E-state index in [0.29, 0.717) is 18.8 Å². The Balaban J connectivity index is 2.38. The SMILES string of the molecule is CC(C)CS(=O)(=O)NCc1cc(=O)c(O)c2n1CCN(C(C)C)C2=O. The monoisotopic (exact) mass is 371 g/mol. The van der Waals surface area contributed by atoms with Gasteiger partial charge in [0.1, 0.15) is 0 Å². The standard InChI is InChI=1S/C16H25N3O5S/c1-10(2)9-25(23,24)17-8-12-7-13(20)15(21)14-16(22)18(11(3)4)5-6-19(12)14/h7,10-11,17,21H,5-6,8-9H2,1-4H3. The van der Waals surface area contributed by atoms with Gasteiger partial charge in [-0.2, -0.15) is 0 Å². The highest BCUT2D eigenvalue weighted by molar-refractivity contribution is 7.89. The number of carbonyl (C=O) groups excluding carboxylic acids is 1. The van der Waals surface area contributed by atoms with E-state index in [1.54, 1.807) is 18.7 Å². The lowest BCUT2D eigenvalue weighted by atomic mass is 10.1. The molecule has 0 atom stereocenters. The summed E-state index contributed by atoms with van der Waals surface area (Å²) in [5.41, 5.74) is -0.407. The predicted octanol–water partition coefficient (Wildman–Crippen LogP) is 0.494. The number of amides is 1. The minimum Gasteiger partial charge on any atom is -0.503 e. The molecule has 0 radical (unpaired) electrons. The van der Waals surface area contributed by atoms with Crippen molar-refractivity contribution in [2.75, 3.05) is 12.3 Å². The van der Waals surface area contributed by atoms with Gasteiger partial charge in [0.15, 0.2) is 11.4 Å². The Labute approximate surface area is 147 Å². The Kier molecular flexibility index (Phi) is 5.58. The molecule has 1 aliphatic rings. The van der Waals surface area contributed by atoms with Crippen LogP contribution >= 0.6 is 0 Å². The lowest BCUT2D eigenvalue weighted by Gasteiger charge is -2.34. The van der Waals surface area contributed by atoms with Gasteiger partial charge in [0.25, 0.3) is 5.91 Å². The zero-order chi connectivity index (χ0) is 18.9. The molecule has 1 aliphatic heterocycles. The van der Waals surface area contributed by atoms with Gasteiger partial charge >= 0.3 is 0 Å². The predicted molar refractivity (Wildman–Crippen MR) is 94.0 cm³/mol. The number of carbonyl (C=O) groups is 1. The average molecular weight is 371 g/mol. The molecule has 8 nitrogen and oxygen atoms in total. The van der Waals surface area contributed by atoms with Gasteiger partial charge in [0.2, 0.25) is 15.5 Å². The van der Waals surface area contributed by atoms with Crippen LogP contribution in [-0.2, 0) is 23.1 Å². The number of sulfonamides is 1. The van der Waals surface area contributed by atoms with E-state index in [1.807, 2.05) is 13.8 Å². The van der Waals surface area contributed by atoms with E-state index in [2.05, 4.69) is 4.72 Å². The maximum Gasteiger partial charge on any atom is 0.274 e. The van der Waals surface area contributed by atoms with Crippen molar-refractivity contribution in [2.24, 2.45) is 5.92 Å². The summed E-state index contributed by atoms with van der Waals surface area (Å²) in [4.78, 5) is 26.2. The van der Waals surface area contributed by atoms with Gasteiger partial charge in [-0.3, -0.25) is 9.59 Å². The largest absolute Gasteiger partial charge is 0.503 e. The van der Waals surface area contributed by atoms with E-state index in [-0.39, 0.29) is 30.0 Å². The Morgan fingerprint density at radius 2 is 1.84 bits per heavy atom. The second-order valence-corrected chi connectivity index (χ2v) is 8.79. The maximum atomic E-state index is 12.6. The molecule has 0 aliphatic carbocycles. The minimum atomic E-state index is -3.49. The van der Waals surface area contributed by atoms with Crippen LogP contribution < -0.4 is 10.2 Å². The quantitative estimate of drug-likeness (QED) is 0.757. The van der Waals surface area contributed by atoms with Crippen molar-refractivity contribution in [1.82, 2.24) is 14.2 Å². The first-order chi connectivity index (χ1) is 11.5. The molecule has 9 heteroatoms. The lowest BCUT2D eigenvalue weighted by molar-refractivity contribution is 0.0639. The van der Waals surface area contributed by atoms with Crippen LogP contribution in [0.4, 0.5) is 0 Å². The molecular weight excluding hydrogens is 346 g/mol. The molecule has 1 aromatic heterocycles. The van der Waals surface area contributed by atoms with Gasteiger partial charge in [-0.25, -0.2) is 13.1 Å². The molecule has 25 heavy (non-hydrogen) atoms. The summed E-state index contributed by atoms with van der Waals surface area (Å²) in [7, 11) is -3.49. The van der Waals surface area contributed by atoms with Gasteiger partial charge < -0.3 is 14.6 Å². The van der Waals surface area contributed by atoms with E-state index in [0.717, 1.165) is 0 Å². The summed E-state index contributed by atoms with van der Waals surface area (Å²) in [6, 6.07) is 1.11. The Hall–Kier alpha value is -1.87. The Morgan fingerprint density at radius 1 is 1.20 bits per heavy atom. The third-order valence-electron chi connectivity index (χ3n) is 4.05. The first-order valence-electron chi connectivity index (χ1n) is 8.27. The average Bonchev–Trinajstić information content (AvgIpc) is 2.47. The maximum absolute atomic E-state index is 12.6. The second kappa shape index (κ2) is 7.17. The smallest absolute Gasteiger partial charge is 0.274 e. The molecule has 0 saturated carbocycles. The zero-order valence-corrected chi connectivity index (χ0v) is 15.8. The fourth-order valence-corrected chi connectivity index (χ4v) is 4.29. The number of fused-ring (bicyclic) bond motifs is 1. The number of aromatic nitrogens is 1. The lowest BCUT2D eigenvalue weighted by Crippen LogP contribution is -2.46. The number of hydrogen-bond donors (Lipinski definition) is 2. The van der Waals surface area contributed by atoms with Gasteiger partial charge in [-0.05, 0) is 19.8 Å². The van der Waals surface area contributed by atoms with E-state index in [9.17, 15) is 23.1 Å². The highest BCUT2D eigenvalue weighted by atomic mass is 32.2. The van der Waals surface area contributed by atoms with Crippen LogP contribution in [0.2, 0.25) is 0 Å². The number of aromatic hydroxyl groups is 1. The molecule has 1 amide bonds. The normalized spacial score (nSPS) is 15.1. The molecular formula is C16H25N3O5S.